The van der Waals surface area contributed by atoms with E-state index in [0.717, 1.165) is 51.5 Å². The molecule has 2 aromatic carbocycles. The first-order valence-corrected chi connectivity index (χ1v) is 16.1. The van der Waals surface area contributed by atoms with Crippen molar-refractivity contribution < 1.29 is 27.8 Å². The summed E-state index contributed by atoms with van der Waals surface area (Å²) < 4.78 is 59.0. The summed E-state index contributed by atoms with van der Waals surface area (Å²) in [6.07, 6.45) is 11.9. The van der Waals surface area contributed by atoms with Gasteiger partial charge in [-0.3, -0.25) is 4.90 Å². The largest absolute Gasteiger partial charge is 0.508 e. The van der Waals surface area contributed by atoms with E-state index in [2.05, 4.69) is 25.7 Å². The summed E-state index contributed by atoms with van der Waals surface area (Å²) >= 11 is 0. The maximum atomic E-state index is 17.0. The molecular formula is C35H34F3N5O3. The van der Waals surface area contributed by atoms with Gasteiger partial charge in [-0.2, -0.15) is 9.97 Å². The molecule has 3 atom stereocenters. The molecule has 0 spiro atoms. The lowest BCUT2D eigenvalue weighted by Crippen LogP contribution is -2.43. The Labute approximate surface area is 264 Å². The first-order chi connectivity index (χ1) is 22.3. The molecule has 0 amide bonds. The highest BCUT2D eigenvalue weighted by Gasteiger charge is 2.49. The van der Waals surface area contributed by atoms with Crippen LogP contribution in [-0.4, -0.2) is 75.6 Å². The fraction of sp³-hybridized carbons (Fsp3) is 0.457. The third-order valence-electron chi connectivity index (χ3n) is 10.2. The number of nitrogens with zero attached hydrogens (tertiary/aromatic N) is 5. The Morgan fingerprint density at radius 2 is 1.93 bits per heavy atom. The van der Waals surface area contributed by atoms with Gasteiger partial charge in [0.15, 0.2) is 5.82 Å². The molecule has 8 rings (SSSR count). The van der Waals surface area contributed by atoms with Gasteiger partial charge in [-0.1, -0.05) is 31.2 Å². The number of anilines is 1. The molecule has 0 aliphatic carbocycles. The van der Waals surface area contributed by atoms with Gasteiger partial charge in [0, 0.05) is 30.5 Å². The summed E-state index contributed by atoms with van der Waals surface area (Å²) in [4.78, 5) is 18.4. The summed E-state index contributed by atoms with van der Waals surface area (Å²) in [5.74, 6) is 1.41. The second kappa shape index (κ2) is 11.2. The summed E-state index contributed by atoms with van der Waals surface area (Å²) in [6, 6.07) is 5.42. The van der Waals surface area contributed by atoms with Gasteiger partial charge in [0.2, 0.25) is 5.88 Å². The number of aromatic nitrogens is 3. The van der Waals surface area contributed by atoms with Crippen LogP contribution in [0, 0.1) is 24.0 Å². The van der Waals surface area contributed by atoms with Crippen molar-refractivity contribution >= 4 is 27.5 Å². The lowest BCUT2D eigenvalue weighted by atomic mass is 9.95. The third-order valence-corrected chi connectivity index (χ3v) is 10.2. The van der Waals surface area contributed by atoms with Crippen LogP contribution < -0.4 is 14.4 Å². The fourth-order valence-corrected chi connectivity index (χ4v) is 8.04. The summed E-state index contributed by atoms with van der Waals surface area (Å²) in [6.45, 7) is 2.38. The molecule has 0 saturated carbocycles. The molecule has 2 aromatic heterocycles. The second-order valence-electron chi connectivity index (χ2n) is 13.0. The van der Waals surface area contributed by atoms with Gasteiger partial charge in [-0.05, 0) is 55.8 Å². The molecular weight excluding hydrogens is 595 g/mol. The molecule has 4 aromatic rings. The number of aromatic hydroxyl groups is 1. The van der Waals surface area contributed by atoms with Crippen molar-refractivity contribution in [2.45, 2.75) is 69.1 Å². The molecule has 8 nitrogen and oxygen atoms in total. The number of hydrogen-bond donors (Lipinski definition) is 1. The van der Waals surface area contributed by atoms with Gasteiger partial charge < -0.3 is 19.5 Å². The molecule has 0 unspecified atom stereocenters. The van der Waals surface area contributed by atoms with E-state index >= 15 is 4.39 Å². The highest BCUT2D eigenvalue weighted by Crippen LogP contribution is 2.45. The maximum absolute atomic E-state index is 17.0. The van der Waals surface area contributed by atoms with Crippen LogP contribution in [0.15, 0.2) is 24.3 Å². The minimum absolute atomic E-state index is 0.00753. The van der Waals surface area contributed by atoms with E-state index in [1.165, 1.54) is 24.3 Å². The van der Waals surface area contributed by atoms with E-state index in [1.807, 2.05) is 0 Å². The number of ether oxygens (including phenoxy) is 2. The van der Waals surface area contributed by atoms with E-state index in [9.17, 15) is 13.9 Å². The van der Waals surface area contributed by atoms with Crippen molar-refractivity contribution in [3.05, 3.63) is 41.5 Å². The summed E-state index contributed by atoms with van der Waals surface area (Å²) in [5.41, 5.74) is -0.650. The second-order valence-corrected chi connectivity index (χ2v) is 13.0. The molecule has 46 heavy (non-hydrogen) atoms. The Morgan fingerprint density at radius 1 is 1.07 bits per heavy atom. The third kappa shape index (κ3) is 4.68. The maximum Gasteiger partial charge on any atom is 0.319 e. The van der Waals surface area contributed by atoms with Crippen LogP contribution in [0.2, 0.25) is 0 Å². The number of rotatable bonds is 4. The number of pyridine rings is 1. The average Bonchev–Trinajstić information content (AvgIpc) is 3.51. The first kappa shape index (κ1) is 29.1. The lowest BCUT2D eigenvalue weighted by molar-refractivity contribution is 0.107. The van der Waals surface area contributed by atoms with E-state index in [-0.39, 0.29) is 58.0 Å². The van der Waals surface area contributed by atoms with Gasteiger partial charge in [0.1, 0.15) is 53.4 Å². The van der Waals surface area contributed by atoms with Gasteiger partial charge in [-0.25, -0.2) is 18.2 Å². The van der Waals surface area contributed by atoms with Crippen molar-refractivity contribution in [1.29, 1.82) is 0 Å². The predicted molar refractivity (Wildman–Crippen MR) is 168 cm³/mol. The zero-order chi connectivity index (χ0) is 31.6. The SMILES string of the molecule is C#Cc1c(F)ccc2cc(O)cc(-c3nc4c5c(nc(OC[C@@]67CCCN6C[C@H](F)C7)nc5c3F)N3CCCCCC[C@H]3CO4)c12. The number of alkyl halides is 1. The normalized spacial score (nSPS) is 24.5. The molecule has 3 fully saturated rings. The van der Waals surface area contributed by atoms with Crippen LogP contribution in [0.1, 0.15) is 56.9 Å². The number of phenolic OH excluding ortho intramolecular Hbond substituents is 1. The Bertz CT molecular complexity index is 1920. The van der Waals surface area contributed by atoms with Crippen LogP contribution in [0.3, 0.4) is 0 Å². The van der Waals surface area contributed by atoms with E-state index in [1.54, 1.807) is 0 Å². The van der Waals surface area contributed by atoms with Crippen molar-refractivity contribution in [2.24, 2.45) is 0 Å². The van der Waals surface area contributed by atoms with Gasteiger partial charge in [-0.15, -0.1) is 6.42 Å². The molecule has 6 heterocycles. The van der Waals surface area contributed by atoms with E-state index in [0.29, 0.717) is 42.7 Å². The van der Waals surface area contributed by atoms with Crippen molar-refractivity contribution in [3.8, 4) is 41.2 Å². The van der Waals surface area contributed by atoms with Gasteiger partial charge in [0.05, 0.1) is 17.1 Å². The molecule has 0 radical (unpaired) electrons. The van der Waals surface area contributed by atoms with Crippen LogP contribution in [-0.2, 0) is 0 Å². The van der Waals surface area contributed by atoms with Crippen molar-refractivity contribution in [3.63, 3.8) is 0 Å². The van der Waals surface area contributed by atoms with Crippen molar-refractivity contribution in [2.75, 3.05) is 37.7 Å². The number of halogens is 3. The van der Waals surface area contributed by atoms with Crippen LogP contribution in [0.25, 0.3) is 32.9 Å². The molecule has 238 valence electrons. The highest BCUT2D eigenvalue weighted by molar-refractivity contribution is 6.04. The minimum atomic E-state index is -0.923. The number of phenols is 1. The molecule has 1 N–H and O–H groups in total. The first-order valence-electron chi connectivity index (χ1n) is 16.1. The molecule has 4 aliphatic heterocycles. The Balaban J connectivity index is 1.33. The average molecular weight is 630 g/mol. The smallest absolute Gasteiger partial charge is 0.319 e. The summed E-state index contributed by atoms with van der Waals surface area (Å²) in [7, 11) is 0. The quantitative estimate of drug-likeness (QED) is 0.264. The van der Waals surface area contributed by atoms with E-state index in [4.69, 9.17) is 20.9 Å². The number of hydrogen-bond acceptors (Lipinski definition) is 8. The number of benzene rings is 2. The standard InChI is InChI=1S/C35H34F3N5O3/c1-2-24-26(37)10-9-20-14-23(44)15-25(27(20)24)30-29(38)31-28-32(43-13-6-4-3-5-8-22(43)18-45-33(28)39-30)41-34(40-31)46-19-35-11-7-12-42(35)17-21(36)16-35/h1,9-10,14-15,21-22,44H,3-8,11-13,16-19H2/t21-,22+,35+/m1/s1. The molecule has 11 heteroatoms. The molecule has 3 saturated heterocycles. The highest BCUT2D eigenvalue weighted by atomic mass is 19.1. The Morgan fingerprint density at radius 3 is 2.80 bits per heavy atom. The van der Waals surface area contributed by atoms with Gasteiger partial charge in [0.25, 0.3) is 0 Å². The van der Waals surface area contributed by atoms with Crippen LogP contribution in [0.4, 0.5) is 19.0 Å². The topological polar surface area (TPSA) is 83.8 Å². The molecule has 4 aliphatic rings. The molecule has 0 bridgehead atoms. The Kier molecular flexibility index (Phi) is 7.09. The zero-order valence-corrected chi connectivity index (χ0v) is 25.4. The predicted octanol–water partition coefficient (Wildman–Crippen LogP) is 6.30. The van der Waals surface area contributed by atoms with E-state index < -0.39 is 23.3 Å². The van der Waals surface area contributed by atoms with Gasteiger partial charge >= 0.3 is 6.01 Å². The Hall–Kier alpha value is -4.30. The number of fused-ring (bicyclic) bond motifs is 4. The fourth-order valence-electron chi connectivity index (χ4n) is 8.04. The van der Waals surface area contributed by atoms with Crippen LogP contribution in [0.5, 0.6) is 17.6 Å². The summed E-state index contributed by atoms with van der Waals surface area (Å²) in [5, 5.41) is 11.6. The van der Waals surface area contributed by atoms with Crippen LogP contribution >= 0.6 is 0 Å². The van der Waals surface area contributed by atoms with Crippen molar-refractivity contribution in [1.82, 2.24) is 19.9 Å². The number of terminal acetylenes is 1. The minimum Gasteiger partial charge on any atom is -0.508 e. The monoisotopic (exact) mass is 629 g/mol. The lowest BCUT2D eigenvalue weighted by Gasteiger charge is -2.33. The zero-order valence-electron chi connectivity index (χ0n) is 25.4.